The summed E-state index contributed by atoms with van der Waals surface area (Å²) >= 11 is 1.62. The lowest BCUT2D eigenvalue weighted by Crippen LogP contribution is -2.47. The van der Waals surface area contributed by atoms with Crippen molar-refractivity contribution in [3.05, 3.63) is 21.4 Å². The Morgan fingerprint density at radius 3 is 2.36 bits per heavy atom. The molecule has 154 valence electrons. The molecule has 0 N–H and O–H groups in total. The van der Waals surface area contributed by atoms with Gasteiger partial charge < -0.3 is 9.80 Å². The van der Waals surface area contributed by atoms with Gasteiger partial charge in [-0.3, -0.25) is 14.4 Å². The van der Waals surface area contributed by atoms with Crippen LogP contribution >= 0.6 is 11.3 Å². The molecular weight excluding hydrogens is 372 g/mol. The molecule has 2 fully saturated rings. The van der Waals surface area contributed by atoms with Crippen molar-refractivity contribution in [2.75, 3.05) is 26.2 Å². The highest BCUT2D eigenvalue weighted by molar-refractivity contribution is 7.12. The van der Waals surface area contributed by atoms with E-state index in [4.69, 9.17) is 0 Å². The maximum absolute atomic E-state index is 12.8. The average Bonchev–Trinajstić information content (AvgIpc) is 3.03. The lowest BCUT2D eigenvalue weighted by molar-refractivity contribution is -0.142. The summed E-state index contributed by atoms with van der Waals surface area (Å²) in [6.07, 6.45) is 4.32. The first-order valence-corrected chi connectivity index (χ1v) is 11.3. The Balaban J connectivity index is 1.44. The summed E-state index contributed by atoms with van der Waals surface area (Å²) in [6.45, 7) is 9.17. The molecule has 1 aromatic rings. The van der Waals surface area contributed by atoms with Gasteiger partial charge in [0.05, 0.1) is 0 Å². The molecule has 0 aromatic carbocycles. The van der Waals surface area contributed by atoms with Crippen molar-refractivity contribution in [2.24, 2.45) is 11.8 Å². The molecule has 2 aliphatic heterocycles. The Bertz CT molecular complexity index is 734. The number of hydrogen-bond acceptors (Lipinski definition) is 4. The Kier molecular flexibility index (Phi) is 6.91. The van der Waals surface area contributed by atoms with Gasteiger partial charge in [0, 0.05) is 60.3 Å². The van der Waals surface area contributed by atoms with Crippen LogP contribution in [0.4, 0.5) is 0 Å². The van der Waals surface area contributed by atoms with E-state index in [0.717, 1.165) is 47.7 Å². The lowest BCUT2D eigenvalue weighted by atomic mass is 9.92. The van der Waals surface area contributed by atoms with Gasteiger partial charge in [0.25, 0.3) is 0 Å². The van der Waals surface area contributed by atoms with Crippen molar-refractivity contribution in [2.45, 2.75) is 59.3 Å². The molecule has 1 unspecified atom stereocenters. The van der Waals surface area contributed by atoms with E-state index in [1.54, 1.807) is 11.3 Å². The maximum atomic E-state index is 12.8. The number of carbonyl (C=O) groups excluding carboxylic acids is 3. The van der Waals surface area contributed by atoms with Crippen molar-refractivity contribution in [3.63, 3.8) is 0 Å². The van der Waals surface area contributed by atoms with Gasteiger partial charge >= 0.3 is 0 Å². The molecule has 0 radical (unpaired) electrons. The molecule has 6 heteroatoms. The lowest BCUT2D eigenvalue weighted by Gasteiger charge is -2.37. The highest BCUT2D eigenvalue weighted by atomic mass is 32.1. The second-order valence-corrected chi connectivity index (χ2v) is 9.90. The molecule has 3 rings (SSSR count). The van der Waals surface area contributed by atoms with Gasteiger partial charge in [-0.25, -0.2) is 0 Å². The molecule has 1 aromatic heterocycles. The van der Waals surface area contributed by atoms with E-state index < -0.39 is 0 Å². The zero-order valence-corrected chi connectivity index (χ0v) is 18.1. The topological polar surface area (TPSA) is 57.7 Å². The van der Waals surface area contributed by atoms with Gasteiger partial charge in [-0.1, -0.05) is 6.92 Å². The number of aryl methyl sites for hydroxylation is 2. The predicted molar refractivity (Wildman–Crippen MR) is 112 cm³/mol. The predicted octanol–water partition coefficient (Wildman–Crippen LogP) is 3.82. The zero-order chi connectivity index (χ0) is 20.3. The standard InChI is InChI=1S/C22H32N2O3S/c1-15-5-4-10-24(14-15)22(27)18-8-11-23(12-9-18)21(26)7-6-20(25)19-13-16(2)28-17(19)3/h13,15,18H,4-12,14H2,1-3H3. The zero-order valence-electron chi connectivity index (χ0n) is 17.3. The molecule has 0 aliphatic carbocycles. The summed E-state index contributed by atoms with van der Waals surface area (Å²) in [5.41, 5.74) is 0.760. The van der Waals surface area contributed by atoms with E-state index in [9.17, 15) is 14.4 Å². The van der Waals surface area contributed by atoms with E-state index in [0.29, 0.717) is 19.0 Å². The van der Waals surface area contributed by atoms with Crippen LogP contribution in [0.5, 0.6) is 0 Å². The van der Waals surface area contributed by atoms with Crippen LogP contribution in [0.3, 0.4) is 0 Å². The smallest absolute Gasteiger partial charge is 0.225 e. The molecule has 0 spiro atoms. The van der Waals surface area contributed by atoms with Gasteiger partial charge in [-0.2, -0.15) is 0 Å². The van der Waals surface area contributed by atoms with Crippen LogP contribution in [0.15, 0.2) is 6.07 Å². The molecule has 0 bridgehead atoms. The van der Waals surface area contributed by atoms with Gasteiger partial charge in [0.2, 0.25) is 11.8 Å². The first-order valence-electron chi connectivity index (χ1n) is 10.5. The average molecular weight is 405 g/mol. The molecule has 28 heavy (non-hydrogen) atoms. The third-order valence-corrected chi connectivity index (χ3v) is 7.04. The van der Waals surface area contributed by atoms with Gasteiger partial charge in [-0.15, -0.1) is 11.3 Å². The minimum atomic E-state index is 0.0375. The van der Waals surface area contributed by atoms with Crippen molar-refractivity contribution in [3.8, 4) is 0 Å². The summed E-state index contributed by atoms with van der Waals surface area (Å²) < 4.78 is 0. The van der Waals surface area contributed by atoms with Crippen molar-refractivity contribution in [1.29, 1.82) is 0 Å². The van der Waals surface area contributed by atoms with E-state index in [1.165, 1.54) is 6.42 Å². The van der Waals surface area contributed by atoms with Gasteiger partial charge in [-0.05, 0) is 51.5 Å². The Labute approximate surface area is 172 Å². The highest BCUT2D eigenvalue weighted by Crippen LogP contribution is 2.25. The van der Waals surface area contributed by atoms with Crippen LogP contribution in [-0.2, 0) is 9.59 Å². The number of likely N-dealkylation sites (tertiary alicyclic amines) is 2. The monoisotopic (exact) mass is 404 g/mol. The maximum Gasteiger partial charge on any atom is 0.225 e. The quantitative estimate of drug-likeness (QED) is 0.701. The summed E-state index contributed by atoms with van der Waals surface area (Å²) in [5, 5.41) is 0. The van der Waals surface area contributed by atoms with Crippen LogP contribution in [0, 0.1) is 25.7 Å². The molecule has 2 aliphatic rings. The summed E-state index contributed by atoms with van der Waals surface area (Å²) in [7, 11) is 0. The van der Waals surface area contributed by atoms with E-state index in [2.05, 4.69) is 6.92 Å². The number of hydrogen-bond donors (Lipinski definition) is 0. The first-order chi connectivity index (χ1) is 13.3. The largest absolute Gasteiger partial charge is 0.343 e. The van der Waals surface area contributed by atoms with Crippen molar-refractivity contribution < 1.29 is 14.4 Å². The summed E-state index contributed by atoms with van der Waals surface area (Å²) in [6, 6.07) is 1.92. The summed E-state index contributed by atoms with van der Waals surface area (Å²) in [4.78, 5) is 43.7. The number of amides is 2. The number of rotatable bonds is 5. The third-order valence-electron chi connectivity index (χ3n) is 6.07. The van der Waals surface area contributed by atoms with Crippen LogP contribution in [0.25, 0.3) is 0 Å². The normalized spacial score (nSPS) is 21.0. The SMILES string of the molecule is Cc1cc(C(=O)CCC(=O)N2CCC(C(=O)N3CCCC(C)C3)CC2)c(C)s1. The van der Waals surface area contributed by atoms with E-state index in [-0.39, 0.29) is 36.4 Å². The molecule has 0 saturated carbocycles. The number of thiophene rings is 1. The van der Waals surface area contributed by atoms with Crippen LogP contribution in [-0.4, -0.2) is 53.6 Å². The Morgan fingerprint density at radius 1 is 1.04 bits per heavy atom. The number of nitrogens with zero attached hydrogens (tertiary/aromatic N) is 2. The molecule has 5 nitrogen and oxygen atoms in total. The number of piperidine rings is 2. The van der Waals surface area contributed by atoms with Crippen LogP contribution in [0.1, 0.15) is 65.6 Å². The van der Waals surface area contributed by atoms with Gasteiger partial charge in [0.15, 0.2) is 5.78 Å². The Morgan fingerprint density at radius 2 is 1.75 bits per heavy atom. The van der Waals surface area contributed by atoms with Crippen LogP contribution in [0.2, 0.25) is 0 Å². The van der Waals surface area contributed by atoms with Crippen molar-refractivity contribution in [1.82, 2.24) is 9.80 Å². The minimum absolute atomic E-state index is 0.0375. The fourth-order valence-corrected chi connectivity index (χ4v) is 5.39. The Hall–Kier alpha value is -1.69. The number of carbonyl (C=O) groups is 3. The molecule has 2 amide bonds. The number of ketones is 1. The second kappa shape index (κ2) is 9.21. The minimum Gasteiger partial charge on any atom is -0.343 e. The molecule has 2 saturated heterocycles. The number of Topliss-reactive ketones (excluding diaryl/α,β-unsaturated/α-hetero) is 1. The van der Waals surface area contributed by atoms with E-state index in [1.807, 2.05) is 29.7 Å². The van der Waals surface area contributed by atoms with Gasteiger partial charge in [0.1, 0.15) is 0 Å². The van der Waals surface area contributed by atoms with Crippen molar-refractivity contribution >= 4 is 28.9 Å². The van der Waals surface area contributed by atoms with Crippen LogP contribution < -0.4 is 0 Å². The molecular formula is C22H32N2O3S. The second-order valence-electron chi connectivity index (χ2n) is 8.44. The summed E-state index contributed by atoms with van der Waals surface area (Å²) in [5.74, 6) is 1.01. The fourth-order valence-electron chi connectivity index (χ4n) is 4.44. The third kappa shape index (κ3) is 5.02. The molecule has 3 heterocycles. The van der Waals surface area contributed by atoms with E-state index >= 15 is 0 Å². The highest BCUT2D eigenvalue weighted by Gasteiger charge is 2.31. The molecule has 1 atom stereocenters. The first kappa shape index (κ1) is 21.0. The fraction of sp³-hybridized carbons (Fsp3) is 0.682.